The quantitative estimate of drug-likeness (QED) is 0.184. The molecule has 0 amide bonds. The zero-order chi connectivity index (χ0) is 30.9. The van der Waals surface area contributed by atoms with Gasteiger partial charge in [-0.1, -0.05) is 127 Å². The highest BCUT2D eigenvalue weighted by Gasteiger charge is 2.19. The lowest BCUT2D eigenvalue weighted by atomic mass is 9.85. The Morgan fingerprint density at radius 3 is 1.81 bits per heavy atom. The van der Waals surface area contributed by atoms with Gasteiger partial charge < -0.3 is 4.42 Å². The molecule has 0 unspecified atom stereocenters. The van der Waals surface area contributed by atoms with Crippen LogP contribution in [0.3, 0.4) is 0 Å². The van der Waals surface area contributed by atoms with E-state index in [4.69, 9.17) is 4.42 Å². The van der Waals surface area contributed by atoms with E-state index in [1.807, 2.05) is 0 Å². The van der Waals surface area contributed by atoms with Crippen molar-refractivity contribution in [3.63, 3.8) is 0 Å². The van der Waals surface area contributed by atoms with E-state index < -0.39 is 0 Å². The van der Waals surface area contributed by atoms with Crippen molar-refractivity contribution in [3.05, 3.63) is 163 Å². The Kier molecular flexibility index (Phi) is 5.77. The Balaban J connectivity index is 1.19. The summed E-state index contributed by atoms with van der Waals surface area (Å²) < 4.78 is 6.35. The number of benzene rings is 8. The normalized spacial score (nSPS) is 12.9. The van der Waals surface area contributed by atoms with Crippen LogP contribution < -0.4 is 0 Å². The molecular weight excluding hydrogens is 569 g/mol. The van der Waals surface area contributed by atoms with Crippen LogP contribution in [0.4, 0.5) is 0 Å². The molecular formula is C46H30O. The number of rotatable bonds is 3. The zero-order valence-corrected chi connectivity index (χ0v) is 25.8. The first-order valence-electron chi connectivity index (χ1n) is 16.5. The topological polar surface area (TPSA) is 13.1 Å². The summed E-state index contributed by atoms with van der Waals surface area (Å²) in [6.07, 6.45) is 6.65. The summed E-state index contributed by atoms with van der Waals surface area (Å²) in [4.78, 5) is 0. The van der Waals surface area contributed by atoms with Gasteiger partial charge in [0, 0.05) is 10.8 Å². The Morgan fingerprint density at radius 1 is 0.426 bits per heavy atom. The minimum Gasteiger partial charge on any atom is -0.456 e. The largest absolute Gasteiger partial charge is 0.456 e. The van der Waals surface area contributed by atoms with Crippen LogP contribution in [0, 0.1) is 0 Å². The third-order valence-corrected chi connectivity index (χ3v) is 10.1. The van der Waals surface area contributed by atoms with Crippen LogP contribution in [0.15, 0.2) is 156 Å². The number of fused-ring (bicyclic) bond motifs is 8. The molecule has 0 spiro atoms. The highest BCUT2D eigenvalue weighted by Crippen LogP contribution is 2.45. The second-order valence-corrected chi connectivity index (χ2v) is 12.7. The molecule has 0 N–H and O–H groups in total. The molecule has 10 rings (SSSR count). The molecule has 47 heavy (non-hydrogen) atoms. The second-order valence-electron chi connectivity index (χ2n) is 12.7. The molecule has 1 heterocycles. The highest BCUT2D eigenvalue weighted by atomic mass is 16.3. The van der Waals surface area contributed by atoms with E-state index in [0.29, 0.717) is 0 Å². The molecule has 0 aliphatic heterocycles. The molecule has 1 heteroatoms. The van der Waals surface area contributed by atoms with Crippen molar-refractivity contribution >= 4 is 60.3 Å². The van der Waals surface area contributed by atoms with Crippen LogP contribution >= 0.6 is 0 Å². The third kappa shape index (κ3) is 4.10. The van der Waals surface area contributed by atoms with Gasteiger partial charge >= 0.3 is 0 Å². The van der Waals surface area contributed by atoms with E-state index in [1.54, 1.807) is 0 Å². The van der Waals surface area contributed by atoms with Gasteiger partial charge in [0.05, 0.1) is 0 Å². The standard InChI is InChI=1S/C46H30O/c1-2-12-31-26-35(21-20-29(31)10-1)45-39-18-7-5-16-37(39)44(38-17-6-8-19-40(38)45)34-14-9-13-32(27-34)33-23-24-42-41(28-33)46-36-15-4-3-11-30(36)22-25-43(46)47-42/h1-3,5-14,16-28H,4,15H2. The zero-order valence-electron chi connectivity index (χ0n) is 25.8. The van der Waals surface area contributed by atoms with Crippen molar-refractivity contribution in [1.29, 1.82) is 0 Å². The SMILES string of the molecule is C1=Cc2ccc3oc4ccc(-c5cccc(-c6c7ccccc7c(-c7ccc8ccccc8c7)c7ccccc67)c5)cc4c3c2CC1. The van der Waals surface area contributed by atoms with E-state index in [1.165, 1.54) is 87.6 Å². The summed E-state index contributed by atoms with van der Waals surface area (Å²) >= 11 is 0. The number of furan rings is 1. The Bertz CT molecular complexity index is 2680. The molecule has 1 nitrogen and oxygen atoms in total. The first kappa shape index (κ1) is 26.3. The summed E-state index contributed by atoms with van der Waals surface area (Å²) in [7, 11) is 0. The molecule has 0 saturated carbocycles. The van der Waals surface area contributed by atoms with Gasteiger partial charge in [-0.05, 0) is 120 Å². The van der Waals surface area contributed by atoms with Gasteiger partial charge in [0.25, 0.3) is 0 Å². The molecule has 0 saturated heterocycles. The molecule has 8 aromatic carbocycles. The van der Waals surface area contributed by atoms with Gasteiger partial charge in [0.2, 0.25) is 0 Å². The molecule has 9 aromatic rings. The minimum absolute atomic E-state index is 0.948. The van der Waals surface area contributed by atoms with Crippen LogP contribution in [0.1, 0.15) is 17.5 Å². The Hall–Kier alpha value is -5.92. The average Bonchev–Trinajstić information content (AvgIpc) is 3.52. The fraction of sp³-hybridized carbons (Fsp3) is 0.0435. The lowest BCUT2D eigenvalue weighted by Gasteiger charge is -2.18. The lowest BCUT2D eigenvalue weighted by Crippen LogP contribution is -1.94. The fourth-order valence-corrected chi connectivity index (χ4v) is 7.95. The van der Waals surface area contributed by atoms with Crippen LogP contribution in [0.5, 0.6) is 0 Å². The summed E-state index contributed by atoms with van der Waals surface area (Å²) in [6.45, 7) is 0. The van der Waals surface area contributed by atoms with Gasteiger partial charge in [0.15, 0.2) is 0 Å². The maximum Gasteiger partial charge on any atom is 0.135 e. The molecule has 1 aromatic heterocycles. The molecule has 0 bridgehead atoms. The molecule has 0 radical (unpaired) electrons. The van der Waals surface area contributed by atoms with Gasteiger partial charge in [-0.3, -0.25) is 0 Å². The summed E-state index contributed by atoms with van der Waals surface area (Å²) in [5, 5.41) is 10.1. The molecule has 1 aliphatic carbocycles. The average molecular weight is 599 g/mol. The smallest absolute Gasteiger partial charge is 0.135 e. The van der Waals surface area contributed by atoms with Crippen molar-refractivity contribution in [3.8, 4) is 33.4 Å². The van der Waals surface area contributed by atoms with Crippen LogP contribution in [0.2, 0.25) is 0 Å². The van der Waals surface area contributed by atoms with Gasteiger partial charge in [-0.2, -0.15) is 0 Å². The predicted octanol–water partition coefficient (Wildman–Crippen LogP) is 13.0. The van der Waals surface area contributed by atoms with E-state index in [9.17, 15) is 0 Å². The van der Waals surface area contributed by atoms with Gasteiger partial charge in [-0.25, -0.2) is 0 Å². The van der Waals surface area contributed by atoms with Gasteiger partial charge in [-0.15, -0.1) is 0 Å². The van der Waals surface area contributed by atoms with Crippen molar-refractivity contribution in [2.24, 2.45) is 0 Å². The lowest BCUT2D eigenvalue weighted by molar-refractivity contribution is 0.668. The van der Waals surface area contributed by atoms with Crippen LogP contribution in [-0.4, -0.2) is 0 Å². The fourth-order valence-electron chi connectivity index (χ4n) is 7.95. The van der Waals surface area contributed by atoms with Crippen molar-refractivity contribution in [2.45, 2.75) is 12.8 Å². The summed E-state index contributed by atoms with van der Waals surface area (Å²) in [6, 6.07) is 53.4. The number of allylic oxidation sites excluding steroid dienone is 1. The first-order chi connectivity index (χ1) is 23.3. The van der Waals surface area contributed by atoms with E-state index in [-0.39, 0.29) is 0 Å². The molecule has 220 valence electrons. The Labute approximate surface area is 273 Å². The Morgan fingerprint density at radius 2 is 1.04 bits per heavy atom. The third-order valence-electron chi connectivity index (χ3n) is 10.1. The van der Waals surface area contributed by atoms with Crippen LogP contribution in [0.25, 0.3) is 93.7 Å². The van der Waals surface area contributed by atoms with Gasteiger partial charge in [0.1, 0.15) is 11.2 Å². The summed E-state index contributed by atoms with van der Waals surface area (Å²) in [5.74, 6) is 0. The van der Waals surface area contributed by atoms with Crippen molar-refractivity contribution < 1.29 is 4.42 Å². The maximum absolute atomic E-state index is 6.35. The number of aryl methyl sites for hydroxylation is 1. The van der Waals surface area contributed by atoms with Crippen molar-refractivity contribution in [1.82, 2.24) is 0 Å². The molecule has 1 aliphatic rings. The van der Waals surface area contributed by atoms with E-state index in [2.05, 4.69) is 158 Å². The second kappa shape index (κ2) is 10.3. The summed E-state index contributed by atoms with van der Waals surface area (Å²) in [5.41, 5.74) is 12.1. The van der Waals surface area contributed by atoms with Crippen molar-refractivity contribution in [2.75, 3.05) is 0 Å². The maximum atomic E-state index is 6.35. The monoisotopic (exact) mass is 598 g/mol. The minimum atomic E-state index is 0.948. The van der Waals surface area contributed by atoms with E-state index in [0.717, 1.165) is 24.0 Å². The molecule has 0 fully saturated rings. The first-order valence-corrected chi connectivity index (χ1v) is 16.5. The molecule has 0 atom stereocenters. The highest BCUT2D eigenvalue weighted by molar-refractivity contribution is 6.22. The predicted molar refractivity (Wildman–Crippen MR) is 200 cm³/mol. The number of hydrogen-bond donors (Lipinski definition) is 0. The van der Waals surface area contributed by atoms with E-state index >= 15 is 0 Å². The number of hydrogen-bond acceptors (Lipinski definition) is 1. The van der Waals surface area contributed by atoms with Crippen LogP contribution in [-0.2, 0) is 6.42 Å².